The van der Waals surface area contributed by atoms with E-state index >= 15 is 0 Å². The largest absolute Gasteiger partial charge is 0.317 e. The van der Waals surface area contributed by atoms with Crippen LogP contribution in [0, 0.1) is 0 Å². The molecule has 1 aliphatic rings. The van der Waals surface area contributed by atoms with Gasteiger partial charge in [-0.1, -0.05) is 32.9 Å². The van der Waals surface area contributed by atoms with Crippen molar-refractivity contribution in [2.75, 3.05) is 11.9 Å². The van der Waals surface area contributed by atoms with Crippen molar-refractivity contribution < 1.29 is 4.79 Å². The fourth-order valence-corrected chi connectivity index (χ4v) is 1.98. The van der Waals surface area contributed by atoms with E-state index in [0.717, 1.165) is 18.5 Å². The van der Waals surface area contributed by atoms with Gasteiger partial charge >= 0.3 is 0 Å². The van der Waals surface area contributed by atoms with E-state index in [4.69, 9.17) is 5.73 Å². The number of carbonyl (C=O) groups is 1. The number of anilines is 1. The maximum atomic E-state index is 12.1. The summed E-state index contributed by atoms with van der Waals surface area (Å²) in [6, 6.07) is 8.14. The van der Waals surface area contributed by atoms with Crippen LogP contribution in [0.25, 0.3) is 0 Å². The van der Waals surface area contributed by atoms with Crippen molar-refractivity contribution in [3.8, 4) is 0 Å². The number of carbonyl (C=O) groups excluding carboxylic acids is 1. The van der Waals surface area contributed by atoms with E-state index in [1.54, 1.807) is 11.9 Å². The summed E-state index contributed by atoms with van der Waals surface area (Å²) in [6.07, 6.45) is 1.60. The summed E-state index contributed by atoms with van der Waals surface area (Å²) in [4.78, 5) is 13.8. The maximum Gasteiger partial charge on any atom is 0.246 e. The van der Waals surface area contributed by atoms with Crippen LogP contribution in [0.4, 0.5) is 5.69 Å². The first kappa shape index (κ1) is 13.1. The first-order valence-electron chi connectivity index (χ1n) is 6.42. The van der Waals surface area contributed by atoms with Gasteiger partial charge in [0, 0.05) is 12.7 Å². The van der Waals surface area contributed by atoms with E-state index in [9.17, 15) is 4.79 Å². The molecular formula is C15H22N2O. The summed E-state index contributed by atoms with van der Waals surface area (Å²) in [5, 5.41) is 0. The average Bonchev–Trinajstić information content (AvgIpc) is 3.06. The molecule has 0 unspecified atom stereocenters. The monoisotopic (exact) mass is 246 g/mol. The molecule has 1 saturated carbocycles. The Bertz CT molecular complexity index is 452. The van der Waals surface area contributed by atoms with Crippen molar-refractivity contribution in [3.63, 3.8) is 0 Å². The molecule has 3 heteroatoms. The van der Waals surface area contributed by atoms with Gasteiger partial charge in [0.15, 0.2) is 0 Å². The Morgan fingerprint density at radius 1 is 1.22 bits per heavy atom. The molecule has 0 aromatic heterocycles. The molecule has 0 saturated heterocycles. The number of benzene rings is 1. The van der Waals surface area contributed by atoms with Crippen LogP contribution < -0.4 is 10.6 Å². The molecule has 1 amide bonds. The molecular weight excluding hydrogens is 224 g/mol. The SMILES string of the molecule is CN(C(=O)C1(N)CC1)c1ccc(C(C)(C)C)cc1. The zero-order valence-corrected chi connectivity index (χ0v) is 11.7. The standard InChI is InChI=1S/C15H22N2O/c1-14(2,3)11-5-7-12(8-6-11)17(4)13(18)15(16)9-10-15/h5-8H,9-10,16H2,1-4H3. The Hall–Kier alpha value is -1.35. The van der Waals surface area contributed by atoms with Crippen LogP contribution in [0.5, 0.6) is 0 Å². The van der Waals surface area contributed by atoms with Crippen LogP contribution in [-0.4, -0.2) is 18.5 Å². The third-order valence-corrected chi connectivity index (χ3v) is 3.64. The van der Waals surface area contributed by atoms with Gasteiger partial charge in [0.25, 0.3) is 0 Å². The molecule has 0 radical (unpaired) electrons. The molecule has 1 aromatic rings. The van der Waals surface area contributed by atoms with E-state index < -0.39 is 5.54 Å². The van der Waals surface area contributed by atoms with Crippen LogP contribution in [-0.2, 0) is 10.2 Å². The van der Waals surface area contributed by atoms with Gasteiger partial charge in [0.2, 0.25) is 5.91 Å². The molecule has 18 heavy (non-hydrogen) atoms. The van der Waals surface area contributed by atoms with Gasteiger partial charge in [-0.15, -0.1) is 0 Å². The number of likely N-dealkylation sites (N-methyl/N-ethyl adjacent to an activating group) is 1. The highest BCUT2D eigenvalue weighted by Gasteiger charge is 2.47. The number of nitrogens with two attached hydrogens (primary N) is 1. The Morgan fingerprint density at radius 3 is 2.11 bits per heavy atom. The second-order valence-corrected chi connectivity index (χ2v) is 6.32. The molecule has 0 spiro atoms. The highest BCUT2D eigenvalue weighted by Crippen LogP contribution is 2.35. The fraction of sp³-hybridized carbons (Fsp3) is 0.533. The number of hydrogen-bond donors (Lipinski definition) is 1. The van der Waals surface area contributed by atoms with Gasteiger partial charge in [-0.2, -0.15) is 0 Å². The molecule has 0 bridgehead atoms. The fourth-order valence-electron chi connectivity index (χ4n) is 1.98. The Labute approximate surface area is 109 Å². The normalized spacial score (nSPS) is 17.4. The lowest BCUT2D eigenvalue weighted by Crippen LogP contribution is -2.43. The van der Waals surface area contributed by atoms with E-state index in [1.807, 2.05) is 12.1 Å². The molecule has 1 aromatic carbocycles. The number of amides is 1. The topological polar surface area (TPSA) is 46.3 Å². The van der Waals surface area contributed by atoms with Gasteiger partial charge in [0.1, 0.15) is 0 Å². The molecule has 0 heterocycles. The third-order valence-electron chi connectivity index (χ3n) is 3.64. The Balaban J connectivity index is 2.17. The number of rotatable bonds is 2. The molecule has 1 aliphatic carbocycles. The molecule has 3 nitrogen and oxygen atoms in total. The summed E-state index contributed by atoms with van der Waals surface area (Å²) in [5.74, 6) is 0.0195. The Kier molecular flexibility index (Phi) is 2.98. The zero-order valence-electron chi connectivity index (χ0n) is 11.7. The van der Waals surface area contributed by atoms with E-state index in [0.29, 0.717) is 0 Å². The minimum atomic E-state index is -0.600. The second-order valence-electron chi connectivity index (χ2n) is 6.32. The molecule has 1 fully saturated rings. The first-order valence-corrected chi connectivity index (χ1v) is 6.42. The smallest absolute Gasteiger partial charge is 0.246 e. The van der Waals surface area contributed by atoms with E-state index in [1.165, 1.54) is 5.56 Å². The van der Waals surface area contributed by atoms with Gasteiger partial charge in [0.05, 0.1) is 5.54 Å². The summed E-state index contributed by atoms with van der Waals surface area (Å²) >= 11 is 0. The summed E-state index contributed by atoms with van der Waals surface area (Å²) in [5.41, 5.74) is 7.64. The molecule has 2 rings (SSSR count). The maximum absolute atomic E-state index is 12.1. The van der Waals surface area contributed by atoms with Crippen LogP contribution in [0.1, 0.15) is 39.2 Å². The van der Waals surface area contributed by atoms with Gasteiger partial charge in [-0.3, -0.25) is 4.79 Å². The predicted molar refractivity (Wildman–Crippen MR) is 74.7 cm³/mol. The van der Waals surface area contributed by atoms with Crippen LogP contribution >= 0.6 is 0 Å². The Morgan fingerprint density at radius 2 is 1.72 bits per heavy atom. The summed E-state index contributed by atoms with van der Waals surface area (Å²) < 4.78 is 0. The molecule has 2 N–H and O–H groups in total. The van der Waals surface area contributed by atoms with E-state index in [-0.39, 0.29) is 11.3 Å². The summed E-state index contributed by atoms with van der Waals surface area (Å²) in [7, 11) is 1.79. The average molecular weight is 246 g/mol. The van der Waals surface area contributed by atoms with Crippen molar-refractivity contribution in [2.45, 2.75) is 44.6 Å². The zero-order chi connectivity index (χ0) is 13.6. The van der Waals surface area contributed by atoms with Gasteiger partial charge in [-0.25, -0.2) is 0 Å². The molecule has 0 aliphatic heterocycles. The highest BCUT2D eigenvalue weighted by molar-refractivity contribution is 6.01. The molecule has 98 valence electrons. The van der Waals surface area contributed by atoms with Gasteiger partial charge < -0.3 is 10.6 Å². The quantitative estimate of drug-likeness (QED) is 0.871. The van der Waals surface area contributed by atoms with Crippen molar-refractivity contribution in [3.05, 3.63) is 29.8 Å². The third kappa shape index (κ3) is 2.41. The lowest BCUT2D eigenvalue weighted by molar-refractivity contribution is -0.120. The first-order chi connectivity index (χ1) is 8.24. The minimum Gasteiger partial charge on any atom is -0.317 e. The lowest BCUT2D eigenvalue weighted by atomic mass is 9.87. The predicted octanol–water partition coefficient (Wildman–Crippen LogP) is 2.44. The van der Waals surface area contributed by atoms with E-state index in [2.05, 4.69) is 32.9 Å². The van der Waals surface area contributed by atoms with Crippen LogP contribution in [0.15, 0.2) is 24.3 Å². The minimum absolute atomic E-state index is 0.0195. The van der Waals surface area contributed by atoms with Crippen molar-refractivity contribution in [2.24, 2.45) is 5.73 Å². The van der Waals surface area contributed by atoms with Crippen molar-refractivity contribution in [1.29, 1.82) is 0 Å². The summed E-state index contributed by atoms with van der Waals surface area (Å²) in [6.45, 7) is 6.53. The highest BCUT2D eigenvalue weighted by atomic mass is 16.2. The van der Waals surface area contributed by atoms with Crippen molar-refractivity contribution in [1.82, 2.24) is 0 Å². The lowest BCUT2D eigenvalue weighted by Gasteiger charge is -2.23. The van der Waals surface area contributed by atoms with Crippen LogP contribution in [0.2, 0.25) is 0 Å². The number of hydrogen-bond acceptors (Lipinski definition) is 2. The second kappa shape index (κ2) is 4.09. The molecule has 0 atom stereocenters. The van der Waals surface area contributed by atoms with Crippen LogP contribution in [0.3, 0.4) is 0 Å². The van der Waals surface area contributed by atoms with Gasteiger partial charge in [-0.05, 0) is 36.0 Å². The number of nitrogens with zero attached hydrogens (tertiary/aromatic N) is 1. The van der Waals surface area contributed by atoms with Crippen molar-refractivity contribution >= 4 is 11.6 Å².